The van der Waals surface area contributed by atoms with E-state index in [1.54, 1.807) is 30.5 Å². The Labute approximate surface area is 102 Å². The van der Waals surface area contributed by atoms with Gasteiger partial charge in [-0.15, -0.1) is 0 Å². The normalized spacial score (nSPS) is 10.1. The maximum absolute atomic E-state index is 5.86. The Bertz CT molecular complexity index is 496. The summed E-state index contributed by atoms with van der Waals surface area (Å²) in [5.74, 6) is 0.795. The molecule has 0 aliphatic carbocycles. The lowest BCUT2D eigenvalue weighted by molar-refractivity contribution is 1.17. The van der Waals surface area contributed by atoms with Crippen molar-refractivity contribution in [1.29, 1.82) is 0 Å². The molecule has 2 aromatic rings. The van der Waals surface area contributed by atoms with E-state index >= 15 is 0 Å². The maximum Gasteiger partial charge on any atom is 0.229 e. The minimum atomic E-state index is 0.394. The number of rotatable bonds is 2. The highest BCUT2D eigenvalue weighted by atomic mass is 35.5. The zero-order valence-corrected chi connectivity index (χ0v) is 9.63. The van der Waals surface area contributed by atoms with Gasteiger partial charge >= 0.3 is 0 Å². The number of hydrogen-bond donors (Lipinski definition) is 2. The molecule has 0 unspecified atom stereocenters. The second-order valence-electron chi connectivity index (χ2n) is 3.09. The monoisotopic (exact) mass is 254 g/mol. The van der Waals surface area contributed by atoms with Gasteiger partial charge < -0.3 is 11.1 Å². The van der Waals surface area contributed by atoms with Gasteiger partial charge in [0.05, 0.1) is 0 Å². The van der Waals surface area contributed by atoms with Crippen molar-refractivity contribution in [1.82, 2.24) is 9.97 Å². The summed E-state index contributed by atoms with van der Waals surface area (Å²) < 4.78 is 0. The Kier molecular flexibility index (Phi) is 3.12. The largest absolute Gasteiger partial charge is 0.384 e. The van der Waals surface area contributed by atoms with E-state index < -0.39 is 0 Å². The number of nitrogens with zero attached hydrogens (tertiary/aromatic N) is 2. The molecule has 0 saturated carbocycles. The molecular formula is C10H8Cl2N4. The van der Waals surface area contributed by atoms with Crippen molar-refractivity contribution in [2.45, 2.75) is 0 Å². The third-order valence-electron chi connectivity index (χ3n) is 1.80. The molecular weight excluding hydrogens is 247 g/mol. The predicted molar refractivity (Wildman–Crippen MR) is 66.2 cm³/mol. The van der Waals surface area contributed by atoms with Crippen LogP contribution in [-0.2, 0) is 0 Å². The van der Waals surface area contributed by atoms with Gasteiger partial charge in [-0.3, -0.25) is 0 Å². The van der Waals surface area contributed by atoms with Crippen LogP contribution in [0.15, 0.2) is 30.5 Å². The second kappa shape index (κ2) is 4.55. The SMILES string of the molecule is Nc1ccnc(Nc2cc(Cl)cc(Cl)c2)n1. The van der Waals surface area contributed by atoms with Crippen molar-refractivity contribution < 1.29 is 0 Å². The fourth-order valence-corrected chi connectivity index (χ4v) is 1.71. The van der Waals surface area contributed by atoms with E-state index in [4.69, 9.17) is 28.9 Å². The number of nitrogens with one attached hydrogen (secondary N) is 1. The third-order valence-corrected chi connectivity index (χ3v) is 2.23. The number of anilines is 3. The van der Waals surface area contributed by atoms with Gasteiger partial charge in [0.1, 0.15) is 5.82 Å². The van der Waals surface area contributed by atoms with Gasteiger partial charge in [-0.05, 0) is 24.3 Å². The summed E-state index contributed by atoms with van der Waals surface area (Å²) in [6.45, 7) is 0. The van der Waals surface area contributed by atoms with E-state index in [9.17, 15) is 0 Å². The van der Waals surface area contributed by atoms with Crippen molar-refractivity contribution in [3.05, 3.63) is 40.5 Å². The summed E-state index contributed by atoms with van der Waals surface area (Å²) >= 11 is 11.7. The molecule has 1 heterocycles. The first-order chi connectivity index (χ1) is 7.63. The topological polar surface area (TPSA) is 63.8 Å². The van der Waals surface area contributed by atoms with Crippen LogP contribution in [0.4, 0.5) is 17.5 Å². The highest BCUT2D eigenvalue weighted by molar-refractivity contribution is 6.35. The summed E-state index contributed by atoms with van der Waals surface area (Å²) in [4.78, 5) is 8.00. The molecule has 0 fully saturated rings. The molecule has 0 saturated heterocycles. The Morgan fingerprint density at radius 1 is 1.12 bits per heavy atom. The molecule has 82 valence electrons. The van der Waals surface area contributed by atoms with Gasteiger partial charge in [-0.1, -0.05) is 23.2 Å². The molecule has 0 aliphatic rings. The van der Waals surface area contributed by atoms with Crippen LogP contribution in [0.5, 0.6) is 0 Å². The number of halogens is 2. The van der Waals surface area contributed by atoms with Gasteiger partial charge in [-0.25, -0.2) is 4.98 Å². The van der Waals surface area contributed by atoms with E-state index in [0.717, 1.165) is 0 Å². The zero-order chi connectivity index (χ0) is 11.5. The Morgan fingerprint density at radius 3 is 2.44 bits per heavy atom. The van der Waals surface area contributed by atoms with E-state index in [2.05, 4.69) is 15.3 Å². The molecule has 1 aromatic heterocycles. The van der Waals surface area contributed by atoms with E-state index in [0.29, 0.717) is 27.5 Å². The minimum Gasteiger partial charge on any atom is -0.384 e. The minimum absolute atomic E-state index is 0.394. The number of benzene rings is 1. The van der Waals surface area contributed by atoms with E-state index in [1.165, 1.54) is 0 Å². The van der Waals surface area contributed by atoms with E-state index in [1.807, 2.05) is 0 Å². The van der Waals surface area contributed by atoms with Crippen LogP contribution in [0.3, 0.4) is 0 Å². The molecule has 16 heavy (non-hydrogen) atoms. The molecule has 1 aromatic carbocycles. The summed E-state index contributed by atoms with van der Waals surface area (Å²) in [5, 5.41) is 4.04. The zero-order valence-electron chi connectivity index (χ0n) is 8.11. The standard InChI is InChI=1S/C10H8Cl2N4/c11-6-3-7(12)5-8(4-6)15-10-14-2-1-9(13)16-10/h1-5H,(H3,13,14,15,16). The Morgan fingerprint density at radius 2 is 1.81 bits per heavy atom. The quantitative estimate of drug-likeness (QED) is 0.865. The van der Waals surface area contributed by atoms with Crippen LogP contribution >= 0.6 is 23.2 Å². The van der Waals surface area contributed by atoms with Crippen molar-refractivity contribution >= 4 is 40.7 Å². The van der Waals surface area contributed by atoms with Crippen molar-refractivity contribution in [3.8, 4) is 0 Å². The number of hydrogen-bond acceptors (Lipinski definition) is 4. The van der Waals surface area contributed by atoms with Gasteiger partial charge in [0.2, 0.25) is 5.95 Å². The Balaban J connectivity index is 2.27. The van der Waals surface area contributed by atoms with E-state index in [-0.39, 0.29) is 0 Å². The van der Waals surface area contributed by atoms with Gasteiger partial charge in [0.25, 0.3) is 0 Å². The predicted octanol–water partition coefficient (Wildman–Crippen LogP) is 3.11. The lowest BCUT2D eigenvalue weighted by atomic mass is 10.3. The third kappa shape index (κ3) is 2.74. The number of aromatic nitrogens is 2. The van der Waals surface area contributed by atoms with Crippen LogP contribution in [0, 0.1) is 0 Å². The fourth-order valence-electron chi connectivity index (χ4n) is 1.19. The molecule has 4 nitrogen and oxygen atoms in total. The summed E-state index contributed by atoms with van der Waals surface area (Å²) in [7, 11) is 0. The van der Waals surface area contributed by atoms with Crippen LogP contribution < -0.4 is 11.1 Å². The van der Waals surface area contributed by atoms with Crippen LogP contribution in [0.25, 0.3) is 0 Å². The van der Waals surface area contributed by atoms with Gasteiger partial charge in [0.15, 0.2) is 0 Å². The van der Waals surface area contributed by atoms with Gasteiger partial charge in [0, 0.05) is 21.9 Å². The summed E-state index contributed by atoms with van der Waals surface area (Å²) in [6.07, 6.45) is 1.57. The highest BCUT2D eigenvalue weighted by Gasteiger charge is 2.01. The number of nitrogen functional groups attached to an aromatic ring is 1. The molecule has 0 radical (unpaired) electrons. The van der Waals surface area contributed by atoms with Crippen LogP contribution in [0.2, 0.25) is 10.0 Å². The maximum atomic E-state index is 5.86. The first kappa shape index (κ1) is 11.0. The smallest absolute Gasteiger partial charge is 0.229 e. The lowest BCUT2D eigenvalue weighted by Gasteiger charge is -2.05. The molecule has 3 N–H and O–H groups in total. The number of nitrogens with two attached hydrogens (primary N) is 1. The lowest BCUT2D eigenvalue weighted by Crippen LogP contribution is -1.99. The van der Waals surface area contributed by atoms with Crippen molar-refractivity contribution in [3.63, 3.8) is 0 Å². The molecule has 0 amide bonds. The molecule has 2 rings (SSSR count). The molecule has 0 atom stereocenters. The fraction of sp³-hybridized carbons (Fsp3) is 0. The molecule has 6 heteroatoms. The average Bonchev–Trinajstić information content (AvgIpc) is 2.15. The molecule has 0 bridgehead atoms. The Hall–Kier alpha value is -1.52. The van der Waals surface area contributed by atoms with Crippen molar-refractivity contribution in [2.24, 2.45) is 0 Å². The summed E-state index contributed by atoms with van der Waals surface area (Å²) in [5.41, 5.74) is 6.24. The average molecular weight is 255 g/mol. The first-order valence-electron chi connectivity index (χ1n) is 4.45. The second-order valence-corrected chi connectivity index (χ2v) is 3.96. The first-order valence-corrected chi connectivity index (χ1v) is 5.21. The van der Waals surface area contributed by atoms with Crippen LogP contribution in [-0.4, -0.2) is 9.97 Å². The van der Waals surface area contributed by atoms with Gasteiger partial charge in [-0.2, -0.15) is 4.98 Å². The molecule has 0 aliphatic heterocycles. The highest BCUT2D eigenvalue weighted by Crippen LogP contribution is 2.24. The summed E-state index contributed by atoms with van der Waals surface area (Å²) in [6, 6.07) is 6.70. The van der Waals surface area contributed by atoms with Crippen LogP contribution in [0.1, 0.15) is 0 Å². The molecule has 0 spiro atoms. The van der Waals surface area contributed by atoms with Crippen molar-refractivity contribution in [2.75, 3.05) is 11.1 Å².